The van der Waals surface area contributed by atoms with E-state index in [-0.39, 0.29) is 12.6 Å². The largest absolute Gasteiger partial charge is 0.483 e. The monoisotopic (exact) mass is 517 g/mol. The molecule has 2 aromatic heterocycles. The number of nitrogens with zero attached hydrogens (tertiary/aromatic N) is 5. The Kier molecular flexibility index (Phi) is 6.79. The number of halogens is 2. The van der Waals surface area contributed by atoms with Crippen molar-refractivity contribution in [1.82, 2.24) is 19.7 Å². The van der Waals surface area contributed by atoms with Gasteiger partial charge in [0.1, 0.15) is 17.4 Å². The molecule has 2 saturated heterocycles. The summed E-state index contributed by atoms with van der Waals surface area (Å²) in [5, 5.41) is 14.8. The normalized spacial score (nSPS) is 20.1. The predicted molar refractivity (Wildman–Crippen MR) is 137 cm³/mol. The predicted octanol–water partition coefficient (Wildman–Crippen LogP) is 4.65. The molecule has 0 bridgehead atoms. The fourth-order valence-electron chi connectivity index (χ4n) is 5.22. The Bertz CT molecular complexity index is 1240. The van der Waals surface area contributed by atoms with Crippen molar-refractivity contribution in [3.05, 3.63) is 46.1 Å². The molecule has 0 spiro atoms. The molecule has 4 heterocycles. The molecule has 2 aliphatic heterocycles. The van der Waals surface area contributed by atoms with Gasteiger partial charge in [0, 0.05) is 48.4 Å². The maximum absolute atomic E-state index is 11.1. The van der Waals surface area contributed by atoms with Gasteiger partial charge in [-0.15, -0.1) is 0 Å². The molecule has 0 saturated carbocycles. The van der Waals surface area contributed by atoms with Gasteiger partial charge in [0.05, 0.1) is 12.7 Å². The van der Waals surface area contributed by atoms with Crippen LogP contribution in [0.5, 0.6) is 5.75 Å². The molecule has 186 valence electrons. The van der Waals surface area contributed by atoms with Gasteiger partial charge in [0.25, 0.3) is 0 Å². The fourth-order valence-corrected chi connectivity index (χ4v) is 5.78. The number of aliphatic carboxylic acids is 1. The number of piperidine rings is 1. The highest BCUT2D eigenvalue weighted by Gasteiger charge is 2.37. The van der Waals surface area contributed by atoms with E-state index in [2.05, 4.69) is 14.9 Å². The number of ether oxygens (including phenoxy) is 1. The number of carboxylic acids is 1. The lowest BCUT2D eigenvalue weighted by Gasteiger charge is -2.47. The second-order valence-electron chi connectivity index (χ2n) is 9.64. The average molecular weight is 518 g/mol. The molecule has 2 atom stereocenters. The maximum atomic E-state index is 11.1. The number of aryl methyl sites for hydroxylation is 1. The van der Waals surface area contributed by atoms with Crippen molar-refractivity contribution in [2.24, 2.45) is 18.9 Å². The number of pyridine rings is 1. The summed E-state index contributed by atoms with van der Waals surface area (Å²) in [6.45, 7) is 5.62. The molecule has 2 fully saturated rings. The molecule has 35 heavy (non-hydrogen) atoms. The van der Waals surface area contributed by atoms with Crippen LogP contribution in [-0.4, -0.2) is 63.5 Å². The van der Waals surface area contributed by atoms with Gasteiger partial charge in [0.2, 0.25) is 0 Å². The van der Waals surface area contributed by atoms with Crippen molar-refractivity contribution in [3.8, 4) is 5.75 Å². The van der Waals surface area contributed by atoms with E-state index in [9.17, 15) is 4.79 Å². The number of rotatable bonds is 7. The summed E-state index contributed by atoms with van der Waals surface area (Å²) in [6, 6.07) is 7.37. The number of hydrogen-bond donors (Lipinski definition) is 1. The van der Waals surface area contributed by atoms with Crippen molar-refractivity contribution in [2.75, 3.05) is 37.6 Å². The minimum absolute atomic E-state index is 0.128. The molecule has 5 rings (SSSR count). The van der Waals surface area contributed by atoms with Crippen molar-refractivity contribution >= 4 is 46.0 Å². The lowest BCUT2D eigenvalue weighted by atomic mass is 9.80. The Morgan fingerprint density at radius 2 is 2.03 bits per heavy atom. The Hall–Kier alpha value is -2.55. The molecule has 1 aromatic carbocycles. The summed E-state index contributed by atoms with van der Waals surface area (Å²) in [5.74, 6) is 1.83. The molecule has 2 aliphatic rings. The topological polar surface area (TPSA) is 83.7 Å². The number of benzene rings is 1. The van der Waals surface area contributed by atoms with Crippen LogP contribution in [0.15, 0.2) is 30.5 Å². The summed E-state index contributed by atoms with van der Waals surface area (Å²) in [7, 11) is 1.87. The SMILES string of the molecule is C[C@@H](Oc1cc(N2CC([C@H]3CCCN(CC(=O)O)C3)C2)nc2cn(C)nc12)c1ccc(Cl)cc1Cl. The minimum atomic E-state index is -0.753. The average Bonchev–Trinajstić information content (AvgIpc) is 3.13. The van der Waals surface area contributed by atoms with E-state index in [1.807, 2.05) is 32.3 Å². The van der Waals surface area contributed by atoms with Crippen molar-refractivity contribution in [3.63, 3.8) is 0 Å². The summed E-state index contributed by atoms with van der Waals surface area (Å²) in [5.41, 5.74) is 2.34. The molecule has 0 unspecified atom stereocenters. The lowest BCUT2D eigenvalue weighted by Crippen LogP contribution is -2.54. The molecular formula is C25H29Cl2N5O3. The Balaban J connectivity index is 1.32. The van der Waals surface area contributed by atoms with E-state index >= 15 is 0 Å². The fraction of sp³-hybridized carbons (Fsp3) is 0.480. The molecule has 0 radical (unpaired) electrons. The first-order chi connectivity index (χ1) is 16.8. The Labute approximate surface area is 214 Å². The molecule has 3 aromatic rings. The van der Waals surface area contributed by atoms with Crippen LogP contribution in [-0.2, 0) is 11.8 Å². The number of likely N-dealkylation sites (tertiary alicyclic amines) is 1. The Morgan fingerprint density at radius 1 is 1.23 bits per heavy atom. The first kappa shape index (κ1) is 24.2. The first-order valence-corrected chi connectivity index (χ1v) is 12.7. The van der Waals surface area contributed by atoms with Gasteiger partial charge in [-0.25, -0.2) is 4.98 Å². The number of carboxylic acid groups (broad SMARTS) is 1. The molecule has 0 amide bonds. The number of fused-ring (bicyclic) bond motifs is 1. The summed E-state index contributed by atoms with van der Waals surface area (Å²) in [6.07, 6.45) is 3.80. The number of carbonyl (C=O) groups is 1. The van der Waals surface area contributed by atoms with E-state index in [0.717, 1.165) is 55.9 Å². The standard InChI is InChI=1S/C25H29Cl2N5O3/c1-15(19-6-5-18(26)8-20(19)27)35-22-9-23(28-21-13-30(2)29-25(21)22)32-11-17(12-32)16-4-3-7-31(10-16)14-24(33)34/h5-6,8-9,13,15-17H,3-4,7,10-12,14H2,1-2H3,(H,33,34)/t15-,16+/m1/s1. The highest BCUT2D eigenvalue weighted by molar-refractivity contribution is 6.35. The lowest BCUT2D eigenvalue weighted by molar-refractivity contribution is -0.138. The van der Waals surface area contributed by atoms with Crippen LogP contribution in [0.3, 0.4) is 0 Å². The van der Waals surface area contributed by atoms with Crippen LogP contribution in [0, 0.1) is 11.8 Å². The van der Waals surface area contributed by atoms with Gasteiger partial charge in [-0.2, -0.15) is 5.10 Å². The van der Waals surface area contributed by atoms with E-state index < -0.39 is 5.97 Å². The molecule has 1 N–H and O–H groups in total. The quantitative estimate of drug-likeness (QED) is 0.488. The van der Waals surface area contributed by atoms with Crippen molar-refractivity contribution < 1.29 is 14.6 Å². The van der Waals surface area contributed by atoms with Crippen LogP contribution in [0.1, 0.15) is 31.4 Å². The number of anilines is 1. The van der Waals surface area contributed by atoms with Crippen LogP contribution in [0.25, 0.3) is 11.0 Å². The van der Waals surface area contributed by atoms with Gasteiger partial charge in [-0.05, 0) is 50.3 Å². The second kappa shape index (κ2) is 9.84. The molecular weight excluding hydrogens is 489 g/mol. The second-order valence-corrected chi connectivity index (χ2v) is 10.5. The summed E-state index contributed by atoms with van der Waals surface area (Å²) >= 11 is 12.5. The zero-order valence-corrected chi connectivity index (χ0v) is 21.3. The minimum Gasteiger partial charge on any atom is -0.483 e. The first-order valence-electron chi connectivity index (χ1n) is 11.9. The third kappa shape index (κ3) is 5.20. The van der Waals surface area contributed by atoms with E-state index in [4.69, 9.17) is 38.0 Å². The van der Waals surface area contributed by atoms with Crippen molar-refractivity contribution in [1.29, 1.82) is 0 Å². The van der Waals surface area contributed by atoms with Crippen LogP contribution in [0.2, 0.25) is 10.0 Å². The van der Waals surface area contributed by atoms with E-state index in [0.29, 0.717) is 33.1 Å². The van der Waals surface area contributed by atoms with Gasteiger partial charge in [-0.3, -0.25) is 14.4 Å². The maximum Gasteiger partial charge on any atom is 0.317 e. The third-order valence-corrected chi connectivity index (χ3v) is 7.61. The smallest absolute Gasteiger partial charge is 0.317 e. The van der Waals surface area contributed by atoms with Crippen molar-refractivity contribution in [2.45, 2.75) is 25.9 Å². The molecule has 10 heteroatoms. The van der Waals surface area contributed by atoms with Gasteiger partial charge >= 0.3 is 5.97 Å². The summed E-state index contributed by atoms with van der Waals surface area (Å²) in [4.78, 5) is 20.3. The van der Waals surface area contributed by atoms with Gasteiger partial charge in [0.15, 0.2) is 11.3 Å². The zero-order chi connectivity index (χ0) is 24.7. The highest BCUT2D eigenvalue weighted by Crippen LogP contribution is 2.38. The number of hydrogen-bond acceptors (Lipinski definition) is 6. The number of aromatic nitrogens is 3. The van der Waals surface area contributed by atoms with Crippen LogP contribution >= 0.6 is 23.2 Å². The van der Waals surface area contributed by atoms with Crippen LogP contribution in [0.4, 0.5) is 5.82 Å². The highest BCUT2D eigenvalue weighted by atomic mass is 35.5. The van der Waals surface area contributed by atoms with E-state index in [1.165, 1.54) is 0 Å². The molecule has 0 aliphatic carbocycles. The molecule has 8 nitrogen and oxygen atoms in total. The third-order valence-electron chi connectivity index (χ3n) is 7.04. The Morgan fingerprint density at radius 3 is 2.77 bits per heavy atom. The van der Waals surface area contributed by atoms with Gasteiger partial charge < -0.3 is 14.7 Å². The van der Waals surface area contributed by atoms with Crippen LogP contribution < -0.4 is 9.64 Å². The van der Waals surface area contributed by atoms with Gasteiger partial charge in [-0.1, -0.05) is 29.3 Å². The summed E-state index contributed by atoms with van der Waals surface area (Å²) < 4.78 is 8.11. The zero-order valence-electron chi connectivity index (χ0n) is 19.8. The van der Waals surface area contributed by atoms with E-state index in [1.54, 1.807) is 16.8 Å².